The van der Waals surface area contributed by atoms with Crippen LogP contribution in [-0.2, 0) is 0 Å². The molecule has 1 aromatic rings. The second-order valence-electron chi connectivity index (χ2n) is 4.71. The van der Waals surface area contributed by atoms with E-state index in [2.05, 4.69) is 13.8 Å². The van der Waals surface area contributed by atoms with Crippen molar-refractivity contribution in [3.63, 3.8) is 0 Å². The van der Waals surface area contributed by atoms with Crippen molar-refractivity contribution in [2.24, 2.45) is 11.7 Å². The number of nitrogens with zero attached hydrogens (tertiary/aromatic N) is 1. The van der Waals surface area contributed by atoms with Gasteiger partial charge in [-0.3, -0.25) is 4.79 Å². The van der Waals surface area contributed by atoms with Gasteiger partial charge in [0.25, 0.3) is 5.91 Å². The summed E-state index contributed by atoms with van der Waals surface area (Å²) >= 11 is 6.27. The van der Waals surface area contributed by atoms with Crippen molar-refractivity contribution in [2.75, 3.05) is 20.2 Å². The minimum Gasteiger partial charge on any atom is -0.496 e. The number of thiophene rings is 1. The number of hydrogen-bond acceptors (Lipinski definition) is 4. The minimum absolute atomic E-state index is 0.0123. The molecule has 1 aromatic heterocycles. The highest BCUT2D eigenvalue weighted by Gasteiger charge is 2.19. The largest absolute Gasteiger partial charge is 0.496 e. The molecule has 4 nitrogen and oxygen atoms in total. The topological polar surface area (TPSA) is 55.6 Å². The molecule has 0 spiro atoms. The van der Waals surface area contributed by atoms with Crippen LogP contribution in [-0.4, -0.2) is 36.0 Å². The van der Waals surface area contributed by atoms with E-state index < -0.39 is 0 Å². The lowest BCUT2D eigenvalue weighted by molar-refractivity contribution is 0.0746. The van der Waals surface area contributed by atoms with Crippen molar-refractivity contribution in [3.05, 3.63) is 16.3 Å². The van der Waals surface area contributed by atoms with Gasteiger partial charge in [-0.2, -0.15) is 0 Å². The number of methoxy groups -OCH3 is 1. The number of carbonyl (C=O) groups excluding carboxylic acids is 1. The molecule has 6 heteroatoms. The molecule has 0 fully saturated rings. The van der Waals surface area contributed by atoms with Gasteiger partial charge < -0.3 is 15.4 Å². The van der Waals surface area contributed by atoms with E-state index in [-0.39, 0.29) is 5.91 Å². The van der Waals surface area contributed by atoms with Gasteiger partial charge in [0, 0.05) is 31.0 Å². The molecule has 0 radical (unpaired) electrons. The standard InChI is InChI=1S/C13H20N2O2S2/c1-9(2)7-15(5-4-12(14)18)13(16)11-6-10(17-3)8-19-11/h6,8-9H,4-5,7H2,1-3H3,(H2,14,18). The highest BCUT2D eigenvalue weighted by atomic mass is 32.1. The SMILES string of the molecule is COc1csc(C(=O)N(CCC(N)=S)CC(C)C)c1. The van der Waals surface area contributed by atoms with Crippen LogP contribution < -0.4 is 10.5 Å². The zero-order chi connectivity index (χ0) is 14.4. The summed E-state index contributed by atoms with van der Waals surface area (Å²) < 4.78 is 5.10. The molecule has 0 atom stereocenters. The van der Waals surface area contributed by atoms with E-state index in [1.54, 1.807) is 18.1 Å². The number of rotatable bonds is 7. The molecule has 0 aliphatic carbocycles. The summed E-state index contributed by atoms with van der Waals surface area (Å²) in [4.78, 5) is 15.3. The number of ether oxygens (including phenoxy) is 1. The average molecular weight is 300 g/mol. The number of hydrogen-bond donors (Lipinski definition) is 1. The lowest BCUT2D eigenvalue weighted by atomic mass is 10.2. The van der Waals surface area contributed by atoms with Gasteiger partial charge in [0.05, 0.1) is 17.0 Å². The van der Waals surface area contributed by atoms with E-state index in [1.165, 1.54) is 11.3 Å². The van der Waals surface area contributed by atoms with Crippen LogP contribution in [0.1, 0.15) is 29.9 Å². The summed E-state index contributed by atoms with van der Waals surface area (Å²) in [6, 6.07) is 1.76. The van der Waals surface area contributed by atoms with E-state index >= 15 is 0 Å². The molecule has 1 amide bonds. The maximum absolute atomic E-state index is 12.4. The van der Waals surface area contributed by atoms with Crippen LogP contribution in [0, 0.1) is 5.92 Å². The van der Waals surface area contributed by atoms with Crippen LogP contribution in [0.5, 0.6) is 5.75 Å². The fourth-order valence-electron chi connectivity index (χ4n) is 1.66. The van der Waals surface area contributed by atoms with Gasteiger partial charge in [0.1, 0.15) is 5.75 Å². The molecule has 19 heavy (non-hydrogen) atoms. The third-order valence-corrected chi connectivity index (χ3v) is 3.62. The smallest absolute Gasteiger partial charge is 0.264 e. The Labute approximate surface area is 123 Å². The molecule has 0 aliphatic heterocycles. The van der Waals surface area contributed by atoms with Crippen molar-refractivity contribution < 1.29 is 9.53 Å². The molecular formula is C13H20N2O2S2. The van der Waals surface area contributed by atoms with Gasteiger partial charge in [-0.1, -0.05) is 26.1 Å². The Balaban J connectivity index is 2.77. The first-order chi connectivity index (χ1) is 8.93. The number of amides is 1. The van der Waals surface area contributed by atoms with Crippen molar-refractivity contribution in [3.8, 4) is 5.75 Å². The fraction of sp³-hybridized carbons (Fsp3) is 0.538. The van der Waals surface area contributed by atoms with Crippen LogP contribution in [0.2, 0.25) is 0 Å². The third-order valence-electron chi connectivity index (χ3n) is 2.52. The van der Waals surface area contributed by atoms with E-state index in [9.17, 15) is 4.79 Å². The molecule has 0 saturated carbocycles. The highest BCUT2D eigenvalue weighted by Crippen LogP contribution is 2.23. The van der Waals surface area contributed by atoms with E-state index in [0.717, 1.165) is 0 Å². The first-order valence-electron chi connectivity index (χ1n) is 6.14. The van der Waals surface area contributed by atoms with Crippen LogP contribution in [0.15, 0.2) is 11.4 Å². The van der Waals surface area contributed by atoms with Crippen LogP contribution >= 0.6 is 23.6 Å². The van der Waals surface area contributed by atoms with Gasteiger partial charge in [0.15, 0.2) is 0 Å². The molecule has 0 unspecified atom stereocenters. The third kappa shape index (κ3) is 5.16. The molecule has 106 valence electrons. The van der Waals surface area contributed by atoms with Crippen molar-refractivity contribution in [2.45, 2.75) is 20.3 Å². The average Bonchev–Trinajstić information content (AvgIpc) is 2.81. The van der Waals surface area contributed by atoms with Gasteiger partial charge in [-0.05, 0) is 5.92 Å². The van der Waals surface area contributed by atoms with E-state index in [0.29, 0.717) is 41.0 Å². The van der Waals surface area contributed by atoms with Crippen LogP contribution in [0.3, 0.4) is 0 Å². The summed E-state index contributed by atoms with van der Waals surface area (Å²) in [7, 11) is 1.59. The lowest BCUT2D eigenvalue weighted by Crippen LogP contribution is -2.36. The normalized spacial score (nSPS) is 10.5. The summed E-state index contributed by atoms with van der Waals surface area (Å²) in [5.41, 5.74) is 5.51. The first kappa shape index (κ1) is 15.9. The molecular weight excluding hydrogens is 280 g/mol. The van der Waals surface area contributed by atoms with E-state index in [1.807, 2.05) is 5.38 Å². The van der Waals surface area contributed by atoms with Crippen molar-refractivity contribution >= 4 is 34.5 Å². The van der Waals surface area contributed by atoms with Crippen LogP contribution in [0.25, 0.3) is 0 Å². The maximum atomic E-state index is 12.4. The molecule has 0 saturated heterocycles. The molecule has 0 aliphatic rings. The van der Waals surface area contributed by atoms with Gasteiger partial charge >= 0.3 is 0 Å². The monoisotopic (exact) mass is 300 g/mol. The second kappa shape index (κ2) is 7.45. The quantitative estimate of drug-likeness (QED) is 0.786. The zero-order valence-electron chi connectivity index (χ0n) is 11.5. The maximum Gasteiger partial charge on any atom is 0.264 e. The van der Waals surface area contributed by atoms with Crippen molar-refractivity contribution in [1.29, 1.82) is 0 Å². The Morgan fingerprint density at radius 3 is 2.74 bits per heavy atom. The second-order valence-corrected chi connectivity index (χ2v) is 6.15. The van der Waals surface area contributed by atoms with Crippen LogP contribution in [0.4, 0.5) is 0 Å². The van der Waals surface area contributed by atoms with E-state index in [4.69, 9.17) is 22.7 Å². The molecule has 1 rings (SSSR count). The number of carbonyl (C=O) groups is 1. The van der Waals surface area contributed by atoms with Gasteiger partial charge in [0.2, 0.25) is 0 Å². The van der Waals surface area contributed by atoms with Gasteiger partial charge in [-0.25, -0.2) is 0 Å². The predicted octanol–water partition coefficient (Wildman–Crippen LogP) is 2.53. The fourth-order valence-corrected chi connectivity index (χ4v) is 2.57. The Bertz CT molecular complexity index is 444. The molecule has 1 heterocycles. The molecule has 0 aromatic carbocycles. The van der Waals surface area contributed by atoms with Gasteiger partial charge in [-0.15, -0.1) is 11.3 Å². The molecule has 2 N–H and O–H groups in total. The van der Waals surface area contributed by atoms with Crippen molar-refractivity contribution in [1.82, 2.24) is 4.90 Å². The number of thiocarbonyl (C=S) groups is 1. The summed E-state index contributed by atoms with van der Waals surface area (Å²) in [6.07, 6.45) is 0.552. The first-order valence-corrected chi connectivity index (χ1v) is 7.43. The molecule has 0 bridgehead atoms. The summed E-state index contributed by atoms with van der Waals surface area (Å²) in [6.45, 7) is 5.42. The Morgan fingerprint density at radius 2 is 2.26 bits per heavy atom. The zero-order valence-corrected chi connectivity index (χ0v) is 13.1. The summed E-state index contributed by atoms with van der Waals surface area (Å²) in [5, 5.41) is 1.83. The number of nitrogens with two attached hydrogens (primary N) is 1. The lowest BCUT2D eigenvalue weighted by Gasteiger charge is -2.23. The predicted molar refractivity (Wildman–Crippen MR) is 83.0 cm³/mol. The summed E-state index contributed by atoms with van der Waals surface area (Å²) in [5.74, 6) is 1.13. The highest BCUT2D eigenvalue weighted by molar-refractivity contribution is 7.80. The Hall–Kier alpha value is -1.14. The Kier molecular flexibility index (Phi) is 6.24. The Morgan fingerprint density at radius 1 is 1.58 bits per heavy atom. The minimum atomic E-state index is 0.0123.